The molecular weight excluding hydrogens is 373 g/mol. The molecule has 1 aromatic rings. The summed E-state index contributed by atoms with van der Waals surface area (Å²) in [6.45, 7) is 2.98. The zero-order valence-electron chi connectivity index (χ0n) is 10.3. The number of benzene rings is 1. The molecule has 20 heavy (non-hydrogen) atoms. The topological polar surface area (TPSA) is 0 Å². The SMILES string of the molecule is Cc1cc(C(Cl)C(C(F)(F)F)C(F)(F)F)c(C)cc1Br. The smallest absolute Gasteiger partial charge is 0.170 e. The van der Waals surface area contributed by atoms with Gasteiger partial charge in [-0.15, -0.1) is 11.6 Å². The van der Waals surface area contributed by atoms with Gasteiger partial charge in [-0.05, 0) is 36.6 Å². The molecule has 0 bridgehead atoms. The van der Waals surface area contributed by atoms with Crippen LogP contribution in [0, 0.1) is 19.8 Å². The van der Waals surface area contributed by atoms with Crippen LogP contribution in [-0.2, 0) is 0 Å². The van der Waals surface area contributed by atoms with Crippen LogP contribution in [0.25, 0.3) is 0 Å². The van der Waals surface area contributed by atoms with E-state index in [-0.39, 0.29) is 11.1 Å². The van der Waals surface area contributed by atoms with Crippen molar-refractivity contribution in [2.45, 2.75) is 31.6 Å². The Morgan fingerprint density at radius 1 is 0.950 bits per heavy atom. The van der Waals surface area contributed by atoms with Crippen LogP contribution in [-0.4, -0.2) is 12.4 Å². The van der Waals surface area contributed by atoms with E-state index in [4.69, 9.17) is 11.6 Å². The van der Waals surface area contributed by atoms with E-state index in [1.807, 2.05) is 0 Å². The Bertz CT molecular complexity index is 480. The Balaban J connectivity index is 3.34. The summed E-state index contributed by atoms with van der Waals surface area (Å²) in [6.07, 6.45) is -10.9. The first-order valence-corrected chi connectivity index (χ1v) is 6.62. The molecule has 0 aromatic heterocycles. The first-order chi connectivity index (χ1) is 8.85. The third-order valence-electron chi connectivity index (χ3n) is 2.84. The minimum atomic E-state index is -5.46. The molecule has 0 aliphatic heterocycles. The lowest BCUT2D eigenvalue weighted by molar-refractivity contribution is -0.284. The fraction of sp³-hybridized carbons (Fsp3) is 0.500. The first-order valence-electron chi connectivity index (χ1n) is 5.40. The summed E-state index contributed by atoms with van der Waals surface area (Å²) in [7, 11) is 0. The number of hydrogen-bond acceptors (Lipinski definition) is 0. The summed E-state index contributed by atoms with van der Waals surface area (Å²) in [4.78, 5) is 0. The number of halogens is 8. The summed E-state index contributed by atoms with van der Waals surface area (Å²) in [5, 5.41) is -2.22. The van der Waals surface area contributed by atoms with Crippen LogP contribution < -0.4 is 0 Å². The third kappa shape index (κ3) is 3.81. The highest BCUT2D eigenvalue weighted by Crippen LogP contribution is 2.50. The van der Waals surface area contributed by atoms with E-state index in [1.165, 1.54) is 19.1 Å². The summed E-state index contributed by atoms with van der Waals surface area (Å²) >= 11 is 8.67. The second-order valence-corrected chi connectivity index (χ2v) is 5.75. The predicted octanol–water partition coefficient (Wildman–Crippen LogP) is 6.09. The molecule has 0 fully saturated rings. The van der Waals surface area contributed by atoms with Crippen molar-refractivity contribution in [1.29, 1.82) is 0 Å². The van der Waals surface area contributed by atoms with Crippen molar-refractivity contribution in [3.63, 3.8) is 0 Å². The molecule has 0 saturated heterocycles. The molecule has 1 aromatic carbocycles. The zero-order valence-corrected chi connectivity index (χ0v) is 12.7. The van der Waals surface area contributed by atoms with E-state index in [2.05, 4.69) is 15.9 Å². The number of hydrogen-bond donors (Lipinski definition) is 0. The Morgan fingerprint density at radius 3 is 1.80 bits per heavy atom. The highest BCUT2D eigenvalue weighted by Gasteiger charge is 2.60. The summed E-state index contributed by atoms with van der Waals surface area (Å²) in [5.41, 5.74) is 0.604. The van der Waals surface area contributed by atoms with Gasteiger partial charge in [0, 0.05) is 4.47 Å². The van der Waals surface area contributed by atoms with E-state index in [0.29, 0.717) is 10.0 Å². The molecule has 114 valence electrons. The molecule has 1 atom stereocenters. The van der Waals surface area contributed by atoms with Crippen LogP contribution in [0.1, 0.15) is 22.1 Å². The van der Waals surface area contributed by atoms with Crippen molar-refractivity contribution in [3.8, 4) is 0 Å². The van der Waals surface area contributed by atoms with Crippen LogP contribution in [0.2, 0.25) is 0 Å². The van der Waals surface area contributed by atoms with Crippen molar-refractivity contribution >= 4 is 27.5 Å². The number of rotatable bonds is 2. The van der Waals surface area contributed by atoms with Gasteiger partial charge in [-0.3, -0.25) is 0 Å². The van der Waals surface area contributed by atoms with Gasteiger partial charge in [-0.25, -0.2) is 0 Å². The monoisotopic (exact) mass is 382 g/mol. The maximum Gasteiger partial charge on any atom is 0.402 e. The predicted molar refractivity (Wildman–Crippen MR) is 67.8 cm³/mol. The fourth-order valence-electron chi connectivity index (χ4n) is 1.80. The van der Waals surface area contributed by atoms with Crippen molar-refractivity contribution in [1.82, 2.24) is 0 Å². The number of alkyl halides is 7. The minimum Gasteiger partial charge on any atom is -0.170 e. The van der Waals surface area contributed by atoms with Gasteiger partial charge in [0.25, 0.3) is 0 Å². The molecule has 1 unspecified atom stereocenters. The molecule has 0 aliphatic rings. The van der Waals surface area contributed by atoms with Crippen molar-refractivity contribution in [2.24, 2.45) is 5.92 Å². The standard InChI is InChI=1S/C12H10BrClF6/c1-5-4-8(13)6(2)3-7(5)9(14)10(11(15,16)17)12(18,19)20/h3-4,9-10H,1-2H3. The van der Waals surface area contributed by atoms with Gasteiger partial charge < -0.3 is 0 Å². The summed E-state index contributed by atoms with van der Waals surface area (Å²) in [6, 6.07) is 2.69. The average molecular weight is 384 g/mol. The highest BCUT2D eigenvalue weighted by atomic mass is 79.9. The van der Waals surface area contributed by atoms with Gasteiger partial charge in [0.15, 0.2) is 5.92 Å². The quantitative estimate of drug-likeness (QED) is 0.428. The normalized spacial score (nSPS) is 14.8. The number of aryl methyl sites for hydroxylation is 2. The van der Waals surface area contributed by atoms with Gasteiger partial charge in [-0.2, -0.15) is 26.3 Å². The lowest BCUT2D eigenvalue weighted by atomic mass is 9.93. The minimum absolute atomic E-state index is 0.174. The van der Waals surface area contributed by atoms with Crippen LogP contribution in [0.3, 0.4) is 0 Å². The Morgan fingerprint density at radius 2 is 1.40 bits per heavy atom. The summed E-state index contributed by atoms with van der Waals surface area (Å²) in [5.74, 6) is -3.60. The molecule has 0 N–H and O–H groups in total. The first kappa shape index (κ1) is 17.6. The second-order valence-electron chi connectivity index (χ2n) is 4.42. The molecular formula is C12H10BrClF6. The van der Waals surface area contributed by atoms with E-state index in [9.17, 15) is 26.3 Å². The molecule has 0 aliphatic carbocycles. The largest absolute Gasteiger partial charge is 0.402 e. The van der Waals surface area contributed by atoms with Crippen LogP contribution in [0.15, 0.2) is 16.6 Å². The van der Waals surface area contributed by atoms with E-state index in [1.54, 1.807) is 6.92 Å². The van der Waals surface area contributed by atoms with Gasteiger partial charge in [0.05, 0.1) is 5.38 Å². The van der Waals surface area contributed by atoms with E-state index < -0.39 is 23.6 Å². The molecule has 0 radical (unpaired) electrons. The van der Waals surface area contributed by atoms with E-state index >= 15 is 0 Å². The molecule has 0 saturated carbocycles. The molecule has 0 spiro atoms. The summed E-state index contributed by atoms with van der Waals surface area (Å²) < 4.78 is 76.5. The van der Waals surface area contributed by atoms with Crippen LogP contribution in [0.4, 0.5) is 26.3 Å². The Labute approximate surface area is 125 Å². The lowest BCUT2D eigenvalue weighted by Gasteiger charge is -2.28. The van der Waals surface area contributed by atoms with Gasteiger partial charge >= 0.3 is 12.4 Å². The molecule has 1 rings (SSSR count). The van der Waals surface area contributed by atoms with Gasteiger partial charge in [-0.1, -0.05) is 22.0 Å². The lowest BCUT2D eigenvalue weighted by Crippen LogP contribution is -2.39. The van der Waals surface area contributed by atoms with Gasteiger partial charge in [0.1, 0.15) is 0 Å². The highest BCUT2D eigenvalue weighted by molar-refractivity contribution is 9.10. The van der Waals surface area contributed by atoms with Crippen molar-refractivity contribution < 1.29 is 26.3 Å². The fourth-order valence-corrected chi connectivity index (χ4v) is 2.78. The second kappa shape index (κ2) is 5.75. The Hall–Kier alpha value is -0.430. The molecule has 8 heteroatoms. The van der Waals surface area contributed by atoms with Crippen LogP contribution in [0.5, 0.6) is 0 Å². The van der Waals surface area contributed by atoms with Crippen molar-refractivity contribution in [3.05, 3.63) is 33.3 Å². The van der Waals surface area contributed by atoms with Gasteiger partial charge in [0.2, 0.25) is 0 Å². The molecule has 0 nitrogen and oxygen atoms in total. The maximum atomic E-state index is 12.6. The van der Waals surface area contributed by atoms with E-state index in [0.717, 1.165) is 0 Å². The maximum absolute atomic E-state index is 12.6. The van der Waals surface area contributed by atoms with Crippen molar-refractivity contribution in [2.75, 3.05) is 0 Å². The molecule has 0 heterocycles. The zero-order chi connectivity index (χ0) is 15.9. The van der Waals surface area contributed by atoms with Crippen LogP contribution >= 0.6 is 27.5 Å². The molecule has 0 amide bonds. The third-order valence-corrected chi connectivity index (χ3v) is 4.18. The average Bonchev–Trinajstić information content (AvgIpc) is 2.18. The Kier molecular flexibility index (Phi) is 5.07.